The molecule has 0 radical (unpaired) electrons. The summed E-state index contributed by atoms with van der Waals surface area (Å²) in [6, 6.07) is 4.16. The van der Waals surface area contributed by atoms with Gasteiger partial charge < -0.3 is 14.8 Å². The number of rotatable bonds is 8. The number of pyridine rings is 1. The lowest BCUT2D eigenvalue weighted by atomic mass is 10.1. The Hall–Kier alpha value is -1.13. The van der Waals surface area contributed by atoms with Crippen molar-refractivity contribution in [1.82, 2.24) is 10.3 Å². The maximum absolute atomic E-state index is 5.71. The normalized spacial score (nSPS) is 12.0. The first-order valence-corrected chi connectivity index (χ1v) is 7.78. The van der Waals surface area contributed by atoms with Crippen molar-refractivity contribution >= 4 is 0 Å². The van der Waals surface area contributed by atoms with Crippen LogP contribution >= 0.6 is 0 Å². The topological polar surface area (TPSA) is 43.4 Å². The van der Waals surface area contributed by atoms with E-state index in [1.54, 1.807) is 0 Å². The highest BCUT2D eigenvalue weighted by molar-refractivity contribution is 5.26. The molecule has 4 nitrogen and oxygen atoms in total. The summed E-state index contributed by atoms with van der Waals surface area (Å²) in [4.78, 5) is 4.57. The van der Waals surface area contributed by atoms with E-state index in [2.05, 4.69) is 51.0 Å². The van der Waals surface area contributed by atoms with Crippen molar-refractivity contribution in [3.8, 4) is 5.88 Å². The first-order valence-electron chi connectivity index (χ1n) is 7.78. The van der Waals surface area contributed by atoms with Crippen LogP contribution in [0.15, 0.2) is 12.1 Å². The van der Waals surface area contributed by atoms with E-state index < -0.39 is 0 Å². The molecule has 1 aromatic heterocycles. The fourth-order valence-electron chi connectivity index (χ4n) is 1.77. The molecule has 4 heteroatoms. The summed E-state index contributed by atoms with van der Waals surface area (Å²) in [5.74, 6) is 1.07. The molecular formula is C17H30N2O2. The van der Waals surface area contributed by atoms with Crippen LogP contribution in [-0.2, 0) is 11.3 Å². The molecule has 0 aliphatic carbocycles. The highest BCUT2D eigenvalue weighted by Gasteiger charge is 2.11. The summed E-state index contributed by atoms with van der Waals surface area (Å²) in [5, 5.41) is 3.50. The maximum atomic E-state index is 5.71. The lowest BCUT2D eigenvalue weighted by Gasteiger charge is -2.21. The molecular weight excluding hydrogens is 264 g/mol. The van der Waals surface area contributed by atoms with Gasteiger partial charge in [0, 0.05) is 30.5 Å². The van der Waals surface area contributed by atoms with Crippen LogP contribution < -0.4 is 10.1 Å². The molecule has 120 valence electrons. The van der Waals surface area contributed by atoms with Crippen molar-refractivity contribution in [2.45, 2.75) is 59.5 Å². The molecule has 0 bridgehead atoms. The van der Waals surface area contributed by atoms with Gasteiger partial charge in [0.2, 0.25) is 5.88 Å². The molecule has 0 atom stereocenters. The number of nitrogens with one attached hydrogen (secondary N) is 1. The van der Waals surface area contributed by atoms with Gasteiger partial charge in [-0.25, -0.2) is 4.98 Å². The van der Waals surface area contributed by atoms with E-state index in [0.29, 0.717) is 31.6 Å². The Morgan fingerprint density at radius 1 is 1.19 bits per heavy atom. The van der Waals surface area contributed by atoms with Crippen molar-refractivity contribution in [1.29, 1.82) is 0 Å². The second kappa shape index (κ2) is 8.35. The first kappa shape index (κ1) is 17.9. The van der Waals surface area contributed by atoms with Crippen LogP contribution in [0.5, 0.6) is 5.88 Å². The number of hydrogen-bond donors (Lipinski definition) is 1. The van der Waals surface area contributed by atoms with Gasteiger partial charge in [0.25, 0.3) is 0 Å². The highest BCUT2D eigenvalue weighted by Crippen LogP contribution is 2.19. The third kappa shape index (κ3) is 7.44. The van der Waals surface area contributed by atoms with Crippen LogP contribution in [0.4, 0.5) is 0 Å². The van der Waals surface area contributed by atoms with Crippen molar-refractivity contribution < 1.29 is 9.47 Å². The van der Waals surface area contributed by atoms with Gasteiger partial charge in [-0.2, -0.15) is 0 Å². The zero-order valence-corrected chi connectivity index (χ0v) is 14.3. The Kier molecular flexibility index (Phi) is 7.12. The van der Waals surface area contributed by atoms with Crippen molar-refractivity contribution in [3.05, 3.63) is 23.4 Å². The third-order valence-corrected chi connectivity index (χ3v) is 2.98. The Bertz CT molecular complexity index is 425. The minimum atomic E-state index is 0.0945. The Labute approximate surface area is 129 Å². The van der Waals surface area contributed by atoms with Crippen LogP contribution in [0, 0.1) is 0 Å². The van der Waals surface area contributed by atoms with Gasteiger partial charge in [-0.3, -0.25) is 0 Å². The monoisotopic (exact) mass is 294 g/mol. The van der Waals surface area contributed by atoms with Gasteiger partial charge in [-0.15, -0.1) is 0 Å². The van der Waals surface area contributed by atoms with Crippen LogP contribution in [0.2, 0.25) is 0 Å². The van der Waals surface area contributed by atoms with Crippen molar-refractivity contribution in [2.75, 3.05) is 19.8 Å². The highest BCUT2D eigenvalue weighted by atomic mass is 16.5. The smallest absolute Gasteiger partial charge is 0.213 e. The van der Waals surface area contributed by atoms with Crippen molar-refractivity contribution in [2.24, 2.45) is 0 Å². The Morgan fingerprint density at radius 2 is 1.90 bits per heavy atom. The van der Waals surface area contributed by atoms with Gasteiger partial charge in [0.05, 0.1) is 6.61 Å². The molecule has 1 heterocycles. The average Bonchev–Trinajstić information content (AvgIpc) is 2.40. The molecule has 0 saturated heterocycles. The second-order valence-corrected chi connectivity index (χ2v) is 6.54. The molecule has 1 rings (SSSR count). The minimum absolute atomic E-state index is 0.0945. The molecule has 1 N–H and O–H groups in total. The number of hydrogen-bond acceptors (Lipinski definition) is 4. The lowest BCUT2D eigenvalue weighted by Crippen LogP contribution is -2.35. The van der Waals surface area contributed by atoms with Crippen LogP contribution in [-0.4, -0.2) is 30.3 Å². The quantitative estimate of drug-likeness (QED) is 0.745. The lowest BCUT2D eigenvalue weighted by molar-refractivity contribution is 0.108. The molecule has 0 spiro atoms. The van der Waals surface area contributed by atoms with Gasteiger partial charge in [0.1, 0.15) is 6.61 Å². The zero-order chi connectivity index (χ0) is 15.9. The summed E-state index contributed by atoms with van der Waals surface area (Å²) in [7, 11) is 0. The number of ether oxygens (including phenoxy) is 2. The van der Waals surface area contributed by atoms with E-state index in [9.17, 15) is 0 Å². The van der Waals surface area contributed by atoms with E-state index in [1.165, 1.54) is 5.56 Å². The molecule has 0 saturated carbocycles. The van der Waals surface area contributed by atoms with E-state index in [4.69, 9.17) is 9.47 Å². The molecule has 0 unspecified atom stereocenters. The Morgan fingerprint density at radius 3 is 2.48 bits per heavy atom. The first-order chi connectivity index (χ1) is 9.81. The van der Waals surface area contributed by atoms with Gasteiger partial charge in [-0.1, -0.05) is 13.8 Å². The third-order valence-electron chi connectivity index (χ3n) is 2.98. The van der Waals surface area contributed by atoms with Crippen molar-refractivity contribution in [3.63, 3.8) is 0 Å². The summed E-state index contributed by atoms with van der Waals surface area (Å²) < 4.78 is 11.0. The molecule has 0 aliphatic rings. The summed E-state index contributed by atoms with van der Waals surface area (Å²) in [5.41, 5.74) is 2.36. The van der Waals surface area contributed by atoms with Gasteiger partial charge >= 0.3 is 0 Å². The SMILES string of the molecule is CCOCCOc1cc(CNC(C)(C)C)cc(C(C)C)n1. The molecule has 0 fully saturated rings. The molecule has 21 heavy (non-hydrogen) atoms. The molecule has 0 aliphatic heterocycles. The number of aromatic nitrogens is 1. The summed E-state index contributed by atoms with van der Waals surface area (Å²) in [6.07, 6.45) is 0. The fourth-order valence-corrected chi connectivity index (χ4v) is 1.77. The number of nitrogens with zero attached hydrogens (tertiary/aromatic N) is 1. The predicted octanol–water partition coefficient (Wildman–Crippen LogP) is 3.51. The zero-order valence-electron chi connectivity index (χ0n) is 14.3. The molecule has 1 aromatic rings. The second-order valence-electron chi connectivity index (χ2n) is 6.54. The maximum Gasteiger partial charge on any atom is 0.213 e. The molecule has 0 amide bonds. The van der Waals surface area contributed by atoms with Crippen LogP contribution in [0.3, 0.4) is 0 Å². The minimum Gasteiger partial charge on any atom is -0.475 e. The van der Waals surface area contributed by atoms with E-state index >= 15 is 0 Å². The Balaban J connectivity index is 2.75. The fraction of sp³-hybridized carbons (Fsp3) is 0.706. The van der Waals surface area contributed by atoms with Crippen LogP contribution in [0.1, 0.15) is 58.7 Å². The summed E-state index contributed by atoms with van der Waals surface area (Å²) >= 11 is 0. The van der Waals surface area contributed by atoms with E-state index in [0.717, 1.165) is 12.2 Å². The summed E-state index contributed by atoms with van der Waals surface area (Å²) in [6.45, 7) is 15.4. The average molecular weight is 294 g/mol. The predicted molar refractivity (Wildman–Crippen MR) is 86.9 cm³/mol. The standard InChI is InChI=1S/C17H30N2O2/c1-7-20-8-9-21-16-11-14(12-18-17(4,5)6)10-15(19-16)13(2)3/h10-11,13,18H,7-9,12H2,1-6H3. The van der Waals surface area contributed by atoms with E-state index in [1.807, 2.05) is 13.0 Å². The van der Waals surface area contributed by atoms with Crippen LogP contribution in [0.25, 0.3) is 0 Å². The van der Waals surface area contributed by atoms with Gasteiger partial charge in [-0.05, 0) is 45.2 Å². The van der Waals surface area contributed by atoms with Gasteiger partial charge in [0.15, 0.2) is 0 Å². The van der Waals surface area contributed by atoms with E-state index in [-0.39, 0.29) is 5.54 Å². The molecule has 0 aromatic carbocycles. The largest absolute Gasteiger partial charge is 0.475 e.